The van der Waals surface area contributed by atoms with E-state index in [1.807, 2.05) is 0 Å². The fraction of sp³-hybridized carbons (Fsp3) is 0.800. The molecule has 1 aliphatic rings. The molecule has 1 heterocycles. The lowest BCUT2D eigenvalue weighted by molar-refractivity contribution is 0.453. The maximum absolute atomic E-state index is 4.75. The van der Waals surface area contributed by atoms with Gasteiger partial charge in [-0.3, -0.25) is 4.68 Å². The smallest absolute Gasteiger partial charge is 0.0625 e. The molecule has 3 heteroatoms. The Balaban J connectivity index is 1.82. The van der Waals surface area contributed by atoms with Gasteiger partial charge in [0.2, 0.25) is 0 Å². The van der Waals surface area contributed by atoms with Crippen LogP contribution in [-0.2, 0) is 6.42 Å². The molecule has 18 heavy (non-hydrogen) atoms. The summed E-state index contributed by atoms with van der Waals surface area (Å²) in [7, 11) is 0. The van der Waals surface area contributed by atoms with Gasteiger partial charge in [-0.2, -0.15) is 5.10 Å². The Morgan fingerprint density at radius 2 is 2.17 bits per heavy atom. The Bertz CT molecular complexity index is 339. The van der Waals surface area contributed by atoms with Crippen LogP contribution < -0.4 is 5.32 Å². The van der Waals surface area contributed by atoms with Gasteiger partial charge in [-0.15, -0.1) is 0 Å². The monoisotopic (exact) mass is 249 g/mol. The van der Waals surface area contributed by atoms with Crippen molar-refractivity contribution in [3.63, 3.8) is 0 Å². The summed E-state index contributed by atoms with van der Waals surface area (Å²) in [6.07, 6.45) is 11.1. The minimum Gasteiger partial charge on any atom is -0.314 e. The van der Waals surface area contributed by atoms with Crippen molar-refractivity contribution in [2.75, 3.05) is 6.54 Å². The van der Waals surface area contributed by atoms with Crippen molar-refractivity contribution in [3.05, 3.63) is 18.0 Å². The summed E-state index contributed by atoms with van der Waals surface area (Å²) >= 11 is 0. The van der Waals surface area contributed by atoms with Gasteiger partial charge in [-0.1, -0.05) is 26.7 Å². The number of aromatic nitrogens is 2. The van der Waals surface area contributed by atoms with E-state index in [1.54, 1.807) is 0 Å². The highest BCUT2D eigenvalue weighted by atomic mass is 15.3. The Labute approximate surface area is 111 Å². The lowest BCUT2D eigenvalue weighted by atomic mass is 10.1. The third-order valence-corrected chi connectivity index (χ3v) is 4.10. The summed E-state index contributed by atoms with van der Waals surface area (Å²) in [5.41, 5.74) is 1.26. The average Bonchev–Trinajstić information content (AvgIpc) is 3.04. The van der Waals surface area contributed by atoms with Crippen molar-refractivity contribution in [1.29, 1.82) is 0 Å². The average molecular weight is 249 g/mol. The first-order valence-electron chi connectivity index (χ1n) is 7.61. The van der Waals surface area contributed by atoms with Gasteiger partial charge in [0.25, 0.3) is 0 Å². The van der Waals surface area contributed by atoms with Crippen LogP contribution >= 0.6 is 0 Å². The van der Waals surface area contributed by atoms with E-state index >= 15 is 0 Å². The van der Waals surface area contributed by atoms with Gasteiger partial charge < -0.3 is 5.32 Å². The topological polar surface area (TPSA) is 29.9 Å². The highest BCUT2D eigenvalue weighted by Gasteiger charge is 2.17. The van der Waals surface area contributed by atoms with E-state index in [2.05, 4.69) is 36.1 Å². The molecule has 1 aliphatic carbocycles. The Hall–Kier alpha value is -0.830. The fourth-order valence-corrected chi connectivity index (χ4v) is 2.94. The first-order chi connectivity index (χ1) is 8.83. The van der Waals surface area contributed by atoms with E-state index in [0.717, 1.165) is 13.0 Å². The lowest BCUT2D eigenvalue weighted by Crippen LogP contribution is -2.28. The Morgan fingerprint density at radius 1 is 1.39 bits per heavy atom. The maximum Gasteiger partial charge on any atom is 0.0625 e. The van der Waals surface area contributed by atoms with Crippen LogP contribution in [0.25, 0.3) is 0 Å². The number of hydrogen-bond donors (Lipinski definition) is 1. The minimum atomic E-state index is 0.645. The van der Waals surface area contributed by atoms with Crippen LogP contribution in [0.3, 0.4) is 0 Å². The normalized spacial score (nSPS) is 18.3. The first kappa shape index (κ1) is 13.6. The zero-order chi connectivity index (χ0) is 12.8. The van der Waals surface area contributed by atoms with Crippen LogP contribution in [0.2, 0.25) is 0 Å². The minimum absolute atomic E-state index is 0.645. The lowest BCUT2D eigenvalue weighted by Gasteiger charge is -2.14. The van der Waals surface area contributed by atoms with E-state index in [-0.39, 0.29) is 0 Å². The summed E-state index contributed by atoms with van der Waals surface area (Å²) < 4.78 is 2.20. The number of nitrogens with one attached hydrogen (secondary N) is 1. The van der Waals surface area contributed by atoms with Crippen LogP contribution in [0, 0.1) is 0 Å². The molecule has 0 saturated heterocycles. The third kappa shape index (κ3) is 3.58. The summed E-state index contributed by atoms with van der Waals surface area (Å²) in [5, 5.41) is 8.28. The number of hydrogen-bond acceptors (Lipinski definition) is 2. The Kier molecular flexibility index (Phi) is 5.24. The molecule has 1 N–H and O–H groups in total. The van der Waals surface area contributed by atoms with Crippen LogP contribution in [0.4, 0.5) is 0 Å². The van der Waals surface area contributed by atoms with Crippen LogP contribution in [-0.4, -0.2) is 22.4 Å². The predicted molar refractivity (Wildman–Crippen MR) is 75.8 cm³/mol. The summed E-state index contributed by atoms with van der Waals surface area (Å²) in [6.45, 7) is 5.50. The van der Waals surface area contributed by atoms with E-state index in [9.17, 15) is 0 Å². The second-order valence-electron chi connectivity index (χ2n) is 5.43. The van der Waals surface area contributed by atoms with E-state index in [0.29, 0.717) is 12.1 Å². The molecule has 1 fully saturated rings. The second-order valence-corrected chi connectivity index (χ2v) is 5.43. The van der Waals surface area contributed by atoms with E-state index in [1.165, 1.54) is 44.2 Å². The van der Waals surface area contributed by atoms with Crippen molar-refractivity contribution in [2.24, 2.45) is 0 Å². The van der Waals surface area contributed by atoms with Crippen LogP contribution in [0.1, 0.15) is 64.1 Å². The SMILES string of the molecule is CCNC(CC)CCc1ccn(C2CCCC2)n1. The molecule has 3 nitrogen and oxygen atoms in total. The largest absolute Gasteiger partial charge is 0.314 e. The summed E-state index contributed by atoms with van der Waals surface area (Å²) in [4.78, 5) is 0. The molecule has 2 rings (SSSR count). The van der Waals surface area contributed by atoms with E-state index < -0.39 is 0 Å². The zero-order valence-corrected chi connectivity index (χ0v) is 11.9. The Morgan fingerprint density at radius 3 is 2.83 bits per heavy atom. The molecule has 0 aromatic carbocycles. The molecule has 0 spiro atoms. The number of nitrogens with zero attached hydrogens (tertiary/aromatic N) is 2. The third-order valence-electron chi connectivity index (χ3n) is 4.10. The van der Waals surface area contributed by atoms with Gasteiger partial charge in [0.05, 0.1) is 11.7 Å². The quantitative estimate of drug-likeness (QED) is 0.803. The molecular formula is C15H27N3. The fourth-order valence-electron chi connectivity index (χ4n) is 2.94. The summed E-state index contributed by atoms with van der Waals surface area (Å²) in [6, 6.07) is 3.53. The molecule has 0 amide bonds. The molecule has 1 saturated carbocycles. The van der Waals surface area contributed by atoms with Crippen LogP contribution in [0.5, 0.6) is 0 Å². The van der Waals surface area contributed by atoms with Crippen LogP contribution in [0.15, 0.2) is 12.3 Å². The standard InChI is InChI=1S/C15H27N3/c1-3-13(16-4-2)9-10-14-11-12-18(17-14)15-7-5-6-8-15/h11-13,15-16H,3-10H2,1-2H3. The van der Waals surface area contributed by atoms with Crippen molar-refractivity contribution < 1.29 is 0 Å². The highest BCUT2D eigenvalue weighted by Crippen LogP contribution is 2.28. The predicted octanol–water partition coefficient (Wildman–Crippen LogP) is 3.32. The molecule has 0 radical (unpaired) electrons. The highest BCUT2D eigenvalue weighted by molar-refractivity contribution is 5.01. The van der Waals surface area contributed by atoms with Gasteiger partial charge in [0.15, 0.2) is 0 Å². The maximum atomic E-state index is 4.75. The number of rotatable bonds is 7. The first-order valence-corrected chi connectivity index (χ1v) is 7.61. The van der Waals surface area contributed by atoms with Gasteiger partial charge in [-0.05, 0) is 44.7 Å². The molecular weight excluding hydrogens is 222 g/mol. The summed E-state index contributed by atoms with van der Waals surface area (Å²) in [5.74, 6) is 0. The van der Waals surface area contributed by atoms with Crippen molar-refractivity contribution >= 4 is 0 Å². The molecule has 1 aromatic heterocycles. The van der Waals surface area contributed by atoms with Crippen molar-refractivity contribution in [2.45, 2.75) is 70.9 Å². The van der Waals surface area contributed by atoms with Gasteiger partial charge >= 0.3 is 0 Å². The molecule has 1 aromatic rings. The molecule has 0 bridgehead atoms. The number of aryl methyl sites for hydroxylation is 1. The molecule has 0 aliphatic heterocycles. The molecule has 1 unspecified atom stereocenters. The van der Waals surface area contributed by atoms with Crippen molar-refractivity contribution in [3.8, 4) is 0 Å². The van der Waals surface area contributed by atoms with Gasteiger partial charge in [0, 0.05) is 12.2 Å². The zero-order valence-electron chi connectivity index (χ0n) is 11.9. The molecule has 1 atom stereocenters. The van der Waals surface area contributed by atoms with Crippen molar-refractivity contribution in [1.82, 2.24) is 15.1 Å². The molecule has 102 valence electrons. The van der Waals surface area contributed by atoms with E-state index in [4.69, 9.17) is 5.10 Å². The van der Waals surface area contributed by atoms with Gasteiger partial charge in [-0.25, -0.2) is 0 Å². The van der Waals surface area contributed by atoms with Gasteiger partial charge in [0.1, 0.15) is 0 Å². The second kappa shape index (κ2) is 6.93.